The number of aromatic nitrogens is 4. The summed E-state index contributed by atoms with van der Waals surface area (Å²) in [5.41, 5.74) is 4.20. The molecule has 18 heavy (non-hydrogen) atoms. The quantitative estimate of drug-likeness (QED) is 0.848. The third-order valence-electron chi connectivity index (χ3n) is 1.98. The summed E-state index contributed by atoms with van der Waals surface area (Å²) in [6.07, 6.45) is -1.33. The Morgan fingerprint density at radius 1 is 1.33 bits per heavy atom. The zero-order valence-corrected chi connectivity index (χ0v) is 9.96. The van der Waals surface area contributed by atoms with Gasteiger partial charge in [0.2, 0.25) is 5.95 Å². The average molecular weight is 275 g/mol. The predicted octanol–water partition coefficient (Wildman–Crippen LogP) is 1.96. The first-order valence-corrected chi connectivity index (χ1v) is 5.55. The standard InChI is InChI=1S/C9H8F3N5S/c1-17-3-2-14-8(17)18-6-4-5(9(10,11)12)15-7(13)16-6/h2-4H,1H3,(H2,13,15,16). The molecule has 2 aromatic rings. The van der Waals surface area contributed by atoms with Gasteiger partial charge in [0.05, 0.1) is 0 Å². The summed E-state index contributed by atoms with van der Waals surface area (Å²) < 4.78 is 39.3. The first kappa shape index (κ1) is 12.7. The Morgan fingerprint density at radius 3 is 2.61 bits per heavy atom. The smallest absolute Gasteiger partial charge is 0.368 e. The molecule has 2 N–H and O–H groups in total. The number of aryl methyl sites for hydroxylation is 1. The fraction of sp³-hybridized carbons (Fsp3) is 0.222. The number of alkyl halides is 3. The number of rotatable bonds is 2. The molecule has 0 saturated carbocycles. The molecule has 9 heteroatoms. The molecule has 0 fully saturated rings. The van der Waals surface area contributed by atoms with Crippen molar-refractivity contribution in [2.45, 2.75) is 16.4 Å². The number of halogens is 3. The van der Waals surface area contributed by atoms with E-state index in [4.69, 9.17) is 5.73 Å². The Morgan fingerprint density at radius 2 is 2.06 bits per heavy atom. The van der Waals surface area contributed by atoms with Gasteiger partial charge in [-0.1, -0.05) is 0 Å². The minimum Gasteiger partial charge on any atom is -0.368 e. The van der Waals surface area contributed by atoms with Crippen LogP contribution in [0.1, 0.15) is 5.69 Å². The maximum absolute atomic E-state index is 12.5. The Labute approximate surface area is 104 Å². The molecule has 0 radical (unpaired) electrons. The Kier molecular flexibility index (Phi) is 3.16. The van der Waals surface area contributed by atoms with Gasteiger partial charge in [-0.3, -0.25) is 0 Å². The van der Waals surface area contributed by atoms with Crippen LogP contribution in [0.3, 0.4) is 0 Å². The lowest BCUT2D eigenvalue weighted by molar-refractivity contribution is -0.141. The molecule has 0 aliphatic carbocycles. The van der Waals surface area contributed by atoms with E-state index < -0.39 is 17.8 Å². The largest absolute Gasteiger partial charge is 0.433 e. The van der Waals surface area contributed by atoms with E-state index in [0.29, 0.717) is 5.16 Å². The van der Waals surface area contributed by atoms with E-state index in [9.17, 15) is 13.2 Å². The zero-order valence-electron chi connectivity index (χ0n) is 9.14. The second-order valence-corrected chi connectivity index (χ2v) is 4.36. The van der Waals surface area contributed by atoms with Gasteiger partial charge in [0.1, 0.15) is 5.03 Å². The molecule has 2 heterocycles. The highest BCUT2D eigenvalue weighted by Gasteiger charge is 2.33. The summed E-state index contributed by atoms with van der Waals surface area (Å²) in [6, 6.07) is 0.843. The van der Waals surface area contributed by atoms with Crippen molar-refractivity contribution in [2.75, 3.05) is 5.73 Å². The molecule has 5 nitrogen and oxygen atoms in total. The summed E-state index contributed by atoms with van der Waals surface area (Å²) in [5, 5.41) is 0.616. The van der Waals surface area contributed by atoms with Crippen molar-refractivity contribution in [1.29, 1.82) is 0 Å². The van der Waals surface area contributed by atoms with E-state index in [-0.39, 0.29) is 5.03 Å². The van der Waals surface area contributed by atoms with Crippen LogP contribution in [0.25, 0.3) is 0 Å². The number of nitrogens with two attached hydrogens (primary N) is 1. The van der Waals surface area contributed by atoms with Crippen molar-refractivity contribution in [3.05, 3.63) is 24.2 Å². The van der Waals surface area contributed by atoms with E-state index in [1.54, 1.807) is 17.8 Å². The first-order chi connectivity index (χ1) is 8.36. The van der Waals surface area contributed by atoms with Gasteiger partial charge in [-0.2, -0.15) is 13.2 Å². The monoisotopic (exact) mass is 275 g/mol. The van der Waals surface area contributed by atoms with Crippen molar-refractivity contribution in [3.63, 3.8) is 0 Å². The Hall–Kier alpha value is -1.77. The summed E-state index contributed by atoms with van der Waals surface area (Å²) in [5.74, 6) is -0.415. The van der Waals surface area contributed by atoms with Crippen molar-refractivity contribution in [3.8, 4) is 0 Å². The number of nitrogen functional groups attached to an aromatic ring is 1. The topological polar surface area (TPSA) is 69.6 Å². The molecule has 0 unspecified atom stereocenters. The fourth-order valence-corrected chi connectivity index (χ4v) is 2.00. The van der Waals surface area contributed by atoms with E-state index in [1.165, 1.54) is 6.20 Å². The summed E-state index contributed by atoms with van der Waals surface area (Å²) >= 11 is 0.986. The molecule has 96 valence electrons. The van der Waals surface area contributed by atoms with E-state index in [0.717, 1.165) is 17.8 Å². The van der Waals surface area contributed by atoms with Gasteiger partial charge in [0.25, 0.3) is 0 Å². The van der Waals surface area contributed by atoms with Crippen LogP contribution < -0.4 is 5.73 Å². The number of nitrogens with zero attached hydrogens (tertiary/aromatic N) is 4. The van der Waals surface area contributed by atoms with E-state index >= 15 is 0 Å². The van der Waals surface area contributed by atoms with Crippen LogP contribution >= 0.6 is 11.8 Å². The number of hydrogen-bond donors (Lipinski definition) is 1. The third-order valence-corrected chi connectivity index (χ3v) is 2.98. The number of imidazole rings is 1. The highest BCUT2D eigenvalue weighted by Crippen LogP contribution is 2.32. The predicted molar refractivity (Wildman–Crippen MR) is 58.8 cm³/mol. The summed E-state index contributed by atoms with van der Waals surface area (Å²) in [6.45, 7) is 0. The van der Waals surface area contributed by atoms with Crippen molar-refractivity contribution in [2.24, 2.45) is 7.05 Å². The van der Waals surface area contributed by atoms with Crippen molar-refractivity contribution >= 4 is 17.7 Å². The fourth-order valence-electron chi connectivity index (χ4n) is 1.18. The van der Waals surface area contributed by atoms with Crippen LogP contribution in [0, 0.1) is 0 Å². The highest BCUT2D eigenvalue weighted by molar-refractivity contribution is 7.99. The van der Waals surface area contributed by atoms with E-state index in [1.807, 2.05) is 0 Å². The first-order valence-electron chi connectivity index (χ1n) is 4.73. The maximum atomic E-state index is 12.5. The lowest BCUT2D eigenvalue weighted by Gasteiger charge is -2.08. The van der Waals surface area contributed by atoms with Crippen LogP contribution in [0.15, 0.2) is 28.6 Å². The number of hydrogen-bond acceptors (Lipinski definition) is 5. The van der Waals surface area contributed by atoms with Gasteiger partial charge in [-0.05, 0) is 11.8 Å². The molecular formula is C9H8F3N5S. The van der Waals surface area contributed by atoms with Crippen LogP contribution in [-0.2, 0) is 13.2 Å². The van der Waals surface area contributed by atoms with E-state index in [2.05, 4.69) is 15.0 Å². The van der Waals surface area contributed by atoms with Crippen molar-refractivity contribution in [1.82, 2.24) is 19.5 Å². The van der Waals surface area contributed by atoms with Gasteiger partial charge in [-0.15, -0.1) is 0 Å². The van der Waals surface area contributed by atoms with Gasteiger partial charge >= 0.3 is 6.18 Å². The molecule has 0 atom stereocenters. The minimum atomic E-state index is -4.55. The van der Waals surface area contributed by atoms with Crippen molar-refractivity contribution < 1.29 is 13.2 Å². The summed E-state index contributed by atoms with van der Waals surface area (Å²) in [7, 11) is 1.73. The molecule has 0 aromatic carbocycles. The molecule has 0 aliphatic heterocycles. The molecule has 0 saturated heterocycles. The van der Waals surface area contributed by atoms with Gasteiger partial charge in [0.15, 0.2) is 10.9 Å². The van der Waals surface area contributed by atoms with Gasteiger partial charge < -0.3 is 10.3 Å². The molecule has 2 rings (SSSR count). The van der Waals surface area contributed by atoms with Crippen LogP contribution in [0.2, 0.25) is 0 Å². The zero-order chi connectivity index (χ0) is 13.3. The highest BCUT2D eigenvalue weighted by atomic mass is 32.2. The van der Waals surface area contributed by atoms with Gasteiger partial charge in [-0.25, -0.2) is 15.0 Å². The normalized spacial score (nSPS) is 11.8. The molecule has 2 aromatic heterocycles. The van der Waals surface area contributed by atoms with Crippen LogP contribution in [-0.4, -0.2) is 19.5 Å². The van der Waals surface area contributed by atoms with Crippen LogP contribution in [0.5, 0.6) is 0 Å². The number of anilines is 1. The minimum absolute atomic E-state index is 0.101. The third kappa shape index (κ3) is 2.73. The lowest BCUT2D eigenvalue weighted by atomic mass is 10.4. The van der Waals surface area contributed by atoms with Gasteiger partial charge in [0, 0.05) is 25.5 Å². The Bertz CT molecular complexity index is 566. The second kappa shape index (κ2) is 4.48. The molecule has 0 bridgehead atoms. The second-order valence-electron chi connectivity index (χ2n) is 3.37. The molecule has 0 spiro atoms. The summed E-state index contributed by atoms with van der Waals surface area (Å²) in [4.78, 5) is 10.9. The lowest BCUT2D eigenvalue weighted by Crippen LogP contribution is -2.11. The molecular weight excluding hydrogens is 267 g/mol. The Balaban J connectivity index is 2.35. The molecule has 0 aliphatic rings. The maximum Gasteiger partial charge on any atom is 0.433 e. The SMILES string of the molecule is Cn1ccnc1Sc1cc(C(F)(F)F)nc(N)n1. The average Bonchev–Trinajstić information content (AvgIpc) is 2.62. The van der Waals surface area contributed by atoms with Crippen LogP contribution in [0.4, 0.5) is 19.1 Å². The molecule has 0 amide bonds.